The van der Waals surface area contributed by atoms with E-state index in [9.17, 15) is 8.78 Å². The highest BCUT2D eigenvalue weighted by Crippen LogP contribution is 2.35. The number of halogens is 3. The average molecular weight is 340 g/mol. The van der Waals surface area contributed by atoms with Gasteiger partial charge in [0.2, 0.25) is 0 Å². The van der Waals surface area contributed by atoms with Gasteiger partial charge in [-0.05, 0) is 55.3 Å². The molecule has 0 aliphatic carbocycles. The second-order valence-corrected chi connectivity index (χ2v) is 5.70. The predicted molar refractivity (Wildman–Crippen MR) is 89.2 cm³/mol. The van der Waals surface area contributed by atoms with E-state index in [-0.39, 0.29) is 30.7 Å². The van der Waals surface area contributed by atoms with Gasteiger partial charge < -0.3 is 10.1 Å². The number of ether oxygens (including phenoxy) is 1. The zero-order valence-corrected chi connectivity index (χ0v) is 12.7. The van der Waals surface area contributed by atoms with Crippen molar-refractivity contribution in [3.63, 3.8) is 0 Å². The van der Waals surface area contributed by atoms with Crippen molar-refractivity contribution in [1.29, 1.82) is 0 Å². The minimum absolute atomic E-state index is 0. The Morgan fingerprint density at radius 2 is 1.70 bits per heavy atom. The molecule has 5 heteroatoms. The first-order chi connectivity index (χ1) is 10.6. The molecule has 2 nitrogen and oxygen atoms in total. The highest BCUT2D eigenvalue weighted by atomic mass is 35.5. The van der Waals surface area contributed by atoms with Gasteiger partial charge in [0.05, 0.1) is 5.02 Å². The van der Waals surface area contributed by atoms with E-state index in [0.29, 0.717) is 24.2 Å². The number of hydrogen-bond donors (Lipinski definition) is 1. The van der Waals surface area contributed by atoms with Gasteiger partial charge in [0, 0.05) is 5.56 Å². The van der Waals surface area contributed by atoms with E-state index < -0.39 is 0 Å². The summed E-state index contributed by atoms with van der Waals surface area (Å²) in [4.78, 5) is 0. The maximum absolute atomic E-state index is 14.1. The lowest BCUT2D eigenvalue weighted by Gasteiger charge is -2.16. The molecule has 2 aromatic carbocycles. The third-order valence-corrected chi connectivity index (χ3v) is 4.08. The molecule has 0 fully saturated rings. The van der Waals surface area contributed by atoms with Crippen LogP contribution in [-0.2, 0) is 19.4 Å². The average Bonchev–Trinajstić information content (AvgIpc) is 2.75. The second kappa shape index (κ2) is 7.75. The fourth-order valence-electron chi connectivity index (χ4n) is 2.67. The molecule has 124 valence electrons. The minimum Gasteiger partial charge on any atom is -0.487 e. The van der Waals surface area contributed by atoms with Crippen LogP contribution in [0.2, 0.25) is 5.02 Å². The van der Waals surface area contributed by atoms with Crippen LogP contribution in [0.15, 0.2) is 30.3 Å². The molecule has 2 aromatic rings. The van der Waals surface area contributed by atoms with E-state index >= 15 is 0 Å². The largest absolute Gasteiger partial charge is 0.487 e. The zero-order chi connectivity index (χ0) is 15.5. The van der Waals surface area contributed by atoms with Gasteiger partial charge in [0.1, 0.15) is 24.0 Å². The molecule has 0 unspecified atom stereocenters. The maximum Gasteiger partial charge on any atom is 0.142 e. The summed E-state index contributed by atoms with van der Waals surface area (Å²) in [5.74, 6) is -0.0348. The Balaban J connectivity index is 0.00000192. The molecule has 1 heterocycles. The van der Waals surface area contributed by atoms with Gasteiger partial charge in [-0.25, -0.2) is 8.78 Å². The standard InChI is InChI=1S/C17H16ClF2NO.CH4/c18-15-9-16(20)13-5-7-21-8-6-14(13)17(15)22-10-11-1-3-12(19)4-2-11;/h1-4,9,21H,5-8,10H2;1H4. The number of benzene rings is 2. The smallest absolute Gasteiger partial charge is 0.142 e. The van der Waals surface area contributed by atoms with Crippen molar-refractivity contribution < 1.29 is 13.5 Å². The van der Waals surface area contributed by atoms with Crippen molar-refractivity contribution in [3.05, 3.63) is 63.7 Å². The van der Waals surface area contributed by atoms with Crippen molar-refractivity contribution in [3.8, 4) is 5.75 Å². The number of fused-ring (bicyclic) bond motifs is 1. The first-order valence-corrected chi connectivity index (χ1v) is 7.60. The normalized spacial score (nSPS) is 13.7. The Kier molecular flexibility index (Phi) is 5.97. The van der Waals surface area contributed by atoms with Gasteiger partial charge in [-0.2, -0.15) is 0 Å². The molecular formula is C18H20ClF2NO. The van der Waals surface area contributed by atoms with Crippen molar-refractivity contribution in [2.24, 2.45) is 0 Å². The van der Waals surface area contributed by atoms with Crippen molar-refractivity contribution >= 4 is 11.6 Å². The molecule has 3 rings (SSSR count). The Labute approximate surface area is 140 Å². The Bertz CT molecular complexity index is 674. The van der Waals surface area contributed by atoms with Gasteiger partial charge in [-0.1, -0.05) is 31.2 Å². The zero-order valence-electron chi connectivity index (χ0n) is 12.0. The molecule has 0 aromatic heterocycles. The lowest BCUT2D eigenvalue weighted by atomic mass is 10.0. The molecule has 0 atom stereocenters. The fraction of sp³-hybridized carbons (Fsp3) is 0.333. The third kappa shape index (κ3) is 4.01. The van der Waals surface area contributed by atoms with Crippen molar-refractivity contribution in [1.82, 2.24) is 5.32 Å². The van der Waals surface area contributed by atoms with Crippen LogP contribution in [0, 0.1) is 11.6 Å². The van der Waals surface area contributed by atoms with Crippen LogP contribution < -0.4 is 10.1 Å². The quantitative estimate of drug-likeness (QED) is 0.887. The summed E-state index contributed by atoms with van der Waals surface area (Å²) in [6.07, 6.45) is 1.29. The van der Waals surface area contributed by atoms with Gasteiger partial charge in [0.25, 0.3) is 0 Å². The molecule has 0 amide bonds. The number of rotatable bonds is 3. The molecule has 0 saturated heterocycles. The molecule has 0 saturated carbocycles. The van der Waals surface area contributed by atoms with Crippen LogP contribution in [0.25, 0.3) is 0 Å². The highest BCUT2D eigenvalue weighted by Gasteiger charge is 2.20. The molecule has 23 heavy (non-hydrogen) atoms. The SMILES string of the molecule is C.Fc1ccc(COc2c(Cl)cc(F)c3c2CCNCC3)cc1. The number of hydrogen-bond acceptors (Lipinski definition) is 2. The Morgan fingerprint density at radius 1 is 1.04 bits per heavy atom. The molecule has 0 bridgehead atoms. The van der Waals surface area contributed by atoms with Crippen molar-refractivity contribution in [2.75, 3.05) is 13.1 Å². The molecule has 1 N–H and O–H groups in total. The monoisotopic (exact) mass is 339 g/mol. The minimum atomic E-state index is -0.288. The molecule has 1 aliphatic rings. The van der Waals surface area contributed by atoms with Crippen molar-refractivity contribution in [2.45, 2.75) is 26.9 Å². The second-order valence-electron chi connectivity index (χ2n) is 5.29. The maximum atomic E-state index is 14.1. The molecule has 1 aliphatic heterocycles. The van der Waals surface area contributed by atoms with E-state index in [1.807, 2.05) is 0 Å². The van der Waals surface area contributed by atoms with Gasteiger partial charge >= 0.3 is 0 Å². The lowest BCUT2D eigenvalue weighted by Crippen LogP contribution is -2.16. The summed E-state index contributed by atoms with van der Waals surface area (Å²) >= 11 is 6.17. The van der Waals surface area contributed by atoms with Crippen LogP contribution >= 0.6 is 11.6 Å². The summed E-state index contributed by atoms with van der Waals surface area (Å²) in [6, 6.07) is 7.40. The predicted octanol–water partition coefficient (Wildman–Crippen LogP) is 4.52. The Hall–Kier alpha value is -1.65. The van der Waals surface area contributed by atoms with Crippen LogP contribution in [0.4, 0.5) is 8.78 Å². The summed E-state index contributed by atoms with van der Waals surface area (Å²) < 4.78 is 32.8. The van der Waals surface area contributed by atoms with E-state index in [2.05, 4.69) is 5.32 Å². The van der Waals surface area contributed by atoms with Crippen LogP contribution in [0.1, 0.15) is 24.1 Å². The fourth-order valence-corrected chi connectivity index (χ4v) is 2.93. The van der Waals surface area contributed by atoms with Crippen LogP contribution in [-0.4, -0.2) is 13.1 Å². The first-order valence-electron chi connectivity index (χ1n) is 7.23. The topological polar surface area (TPSA) is 21.3 Å². The summed E-state index contributed by atoms with van der Waals surface area (Å²) in [6.45, 7) is 1.77. The van der Waals surface area contributed by atoms with Gasteiger partial charge in [-0.3, -0.25) is 0 Å². The Morgan fingerprint density at radius 3 is 2.39 bits per heavy atom. The van der Waals surface area contributed by atoms with Crippen LogP contribution in [0.3, 0.4) is 0 Å². The summed E-state index contributed by atoms with van der Waals surface area (Å²) in [5.41, 5.74) is 2.34. The summed E-state index contributed by atoms with van der Waals surface area (Å²) in [5, 5.41) is 3.52. The van der Waals surface area contributed by atoms with E-state index in [1.165, 1.54) is 18.2 Å². The number of nitrogens with one attached hydrogen (secondary N) is 1. The summed E-state index contributed by atoms with van der Waals surface area (Å²) in [7, 11) is 0. The highest BCUT2D eigenvalue weighted by molar-refractivity contribution is 6.32. The molecular weight excluding hydrogens is 320 g/mol. The van der Waals surface area contributed by atoms with Crippen LogP contribution in [0.5, 0.6) is 5.75 Å². The van der Waals surface area contributed by atoms with Gasteiger partial charge in [0.15, 0.2) is 0 Å². The van der Waals surface area contributed by atoms with E-state index in [4.69, 9.17) is 16.3 Å². The van der Waals surface area contributed by atoms with E-state index in [1.54, 1.807) is 12.1 Å². The van der Waals surface area contributed by atoms with Gasteiger partial charge in [-0.15, -0.1) is 0 Å². The lowest BCUT2D eigenvalue weighted by molar-refractivity contribution is 0.302. The van der Waals surface area contributed by atoms with E-state index in [0.717, 1.165) is 24.2 Å². The first kappa shape index (κ1) is 17.7. The third-order valence-electron chi connectivity index (χ3n) is 3.80. The molecule has 0 spiro atoms. The molecule has 0 radical (unpaired) electrons.